The highest BCUT2D eigenvalue weighted by molar-refractivity contribution is 7.79. The molecule has 30 heavy (non-hydrogen) atoms. The van der Waals surface area contributed by atoms with E-state index in [9.17, 15) is 13.6 Å². The maximum atomic E-state index is 12.5. The second kappa shape index (κ2) is 9.98. The second-order valence-electron chi connectivity index (χ2n) is 6.02. The van der Waals surface area contributed by atoms with Crippen LogP contribution in [0.4, 0.5) is 10.7 Å². The fourth-order valence-electron chi connectivity index (χ4n) is 2.80. The molecule has 10 heteroatoms. The molecule has 1 atom stereocenters. The molecule has 0 spiro atoms. The average Bonchev–Trinajstić information content (AvgIpc) is 3.25. The zero-order valence-corrected chi connectivity index (χ0v) is 17.5. The minimum atomic E-state index is -2.41. The van der Waals surface area contributed by atoms with Crippen molar-refractivity contribution >= 4 is 39.0 Å². The van der Waals surface area contributed by atoms with Crippen LogP contribution in [0.1, 0.15) is 21.6 Å². The van der Waals surface area contributed by atoms with Crippen molar-refractivity contribution in [1.82, 2.24) is 10.3 Å². The zero-order chi connectivity index (χ0) is 21.5. The molecule has 2 aromatic carbocycles. The molecular weight excluding hydrogens is 424 g/mol. The van der Waals surface area contributed by atoms with Crippen LogP contribution in [0.5, 0.6) is 5.75 Å². The van der Waals surface area contributed by atoms with Gasteiger partial charge in [0.25, 0.3) is 5.91 Å². The number of hydrogen-bond acceptors (Lipinski definition) is 8. The van der Waals surface area contributed by atoms with Crippen LogP contribution >= 0.6 is 11.3 Å². The molecule has 0 aliphatic heterocycles. The number of thiazole rings is 1. The van der Waals surface area contributed by atoms with E-state index in [1.165, 1.54) is 16.8 Å². The SMILES string of the molecule is COc1ccccc1CN(c1ccc(C#N)cc1)c1scnc1C(=O)NCS(=O)[O-]. The van der Waals surface area contributed by atoms with Crippen molar-refractivity contribution in [3.8, 4) is 11.8 Å². The van der Waals surface area contributed by atoms with Gasteiger partial charge in [0.1, 0.15) is 10.8 Å². The van der Waals surface area contributed by atoms with E-state index in [1.807, 2.05) is 29.2 Å². The van der Waals surface area contributed by atoms with Gasteiger partial charge in [-0.25, -0.2) is 4.98 Å². The third-order valence-corrected chi connectivity index (χ3v) is 5.42. The Hall–Kier alpha value is -3.26. The Balaban J connectivity index is 2.02. The summed E-state index contributed by atoms with van der Waals surface area (Å²) in [5.74, 6) is -0.401. The molecule has 1 amide bonds. The lowest BCUT2D eigenvalue weighted by Crippen LogP contribution is -2.29. The van der Waals surface area contributed by atoms with Crippen LogP contribution in [0.15, 0.2) is 54.0 Å². The third kappa shape index (κ3) is 5.01. The van der Waals surface area contributed by atoms with Crippen LogP contribution in [0.25, 0.3) is 0 Å². The van der Waals surface area contributed by atoms with Gasteiger partial charge in [-0.2, -0.15) is 5.26 Å². The number of hydrogen-bond donors (Lipinski definition) is 1. The van der Waals surface area contributed by atoms with Gasteiger partial charge in [-0.1, -0.05) is 18.2 Å². The lowest BCUT2D eigenvalue weighted by atomic mass is 10.1. The van der Waals surface area contributed by atoms with E-state index in [4.69, 9.17) is 10.00 Å². The van der Waals surface area contributed by atoms with Gasteiger partial charge in [0, 0.05) is 11.3 Å². The van der Waals surface area contributed by atoms with Crippen LogP contribution in [0, 0.1) is 11.3 Å². The Bertz CT molecular complexity index is 1090. The molecule has 3 aromatic rings. The monoisotopic (exact) mass is 441 g/mol. The van der Waals surface area contributed by atoms with Crippen LogP contribution < -0.4 is 15.0 Å². The molecular formula is C20H17N4O4S2-. The number of nitrogens with zero attached hydrogens (tertiary/aromatic N) is 3. The zero-order valence-electron chi connectivity index (χ0n) is 15.9. The standard InChI is InChI=1S/C20H18N4O4S2/c1-28-17-5-3-2-4-15(17)11-24(16-8-6-14(10-21)7-9-16)20-18(22-12-29-20)19(25)23-13-30(26)27/h2-9,12H,11,13H2,1H3,(H,23,25)(H,26,27)/p-1. The molecule has 8 nitrogen and oxygen atoms in total. The highest BCUT2D eigenvalue weighted by Gasteiger charge is 2.22. The average molecular weight is 442 g/mol. The van der Waals surface area contributed by atoms with Crippen molar-refractivity contribution in [2.24, 2.45) is 0 Å². The van der Waals surface area contributed by atoms with Gasteiger partial charge in [-0.15, -0.1) is 11.3 Å². The van der Waals surface area contributed by atoms with E-state index in [0.29, 0.717) is 22.9 Å². The molecule has 0 bridgehead atoms. The molecule has 1 unspecified atom stereocenters. The number of carbonyl (C=O) groups is 1. The number of nitriles is 1. The summed E-state index contributed by atoms with van der Waals surface area (Å²) < 4.78 is 27.1. The summed E-state index contributed by atoms with van der Waals surface area (Å²) in [4.78, 5) is 18.5. The molecule has 0 saturated carbocycles. The van der Waals surface area contributed by atoms with E-state index >= 15 is 0 Å². The first-order chi connectivity index (χ1) is 14.5. The van der Waals surface area contributed by atoms with Crippen LogP contribution in [0.3, 0.4) is 0 Å². The molecule has 0 aliphatic rings. The summed E-state index contributed by atoms with van der Waals surface area (Å²) in [6.07, 6.45) is 0. The first kappa shape index (κ1) is 21.4. The molecule has 154 valence electrons. The molecule has 1 aromatic heterocycles. The second-order valence-corrected chi connectivity index (χ2v) is 7.75. The maximum Gasteiger partial charge on any atom is 0.273 e. The third-order valence-electron chi connectivity index (χ3n) is 4.19. The largest absolute Gasteiger partial charge is 0.771 e. The summed E-state index contributed by atoms with van der Waals surface area (Å²) in [6.45, 7) is 0.367. The fourth-order valence-corrected chi connectivity index (χ4v) is 3.86. The Morgan fingerprint density at radius 1 is 1.30 bits per heavy atom. The van der Waals surface area contributed by atoms with Crippen molar-refractivity contribution in [1.29, 1.82) is 5.26 Å². The molecule has 0 radical (unpaired) electrons. The summed E-state index contributed by atoms with van der Waals surface area (Å²) in [7, 11) is 1.58. The Morgan fingerprint density at radius 2 is 2.03 bits per heavy atom. The lowest BCUT2D eigenvalue weighted by Gasteiger charge is -2.25. The minimum Gasteiger partial charge on any atom is -0.771 e. The predicted molar refractivity (Wildman–Crippen MR) is 113 cm³/mol. The number of nitrogens with one attached hydrogen (secondary N) is 1. The number of ether oxygens (including phenoxy) is 1. The van der Waals surface area contributed by atoms with Gasteiger partial charge < -0.3 is 19.5 Å². The summed E-state index contributed by atoms with van der Waals surface area (Å²) >= 11 is -1.16. The van der Waals surface area contributed by atoms with Gasteiger partial charge >= 0.3 is 0 Å². The number of carbonyl (C=O) groups excluding carboxylic acids is 1. The van der Waals surface area contributed by atoms with E-state index in [2.05, 4.69) is 16.4 Å². The van der Waals surface area contributed by atoms with Crippen molar-refractivity contribution in [2.75, 3.05) is 17.9 Å². The predicted octanol–water partition coefficient (Wildman–Crippen LogP) is 2.93. The van der Waals surface area contributed by atoms with Crippen molar-refractivity contribution in [2.45, 2.75) is 6.54 Å². The highest BCUT2D eigenvalue weighted by Crippen LogP contribution is 2.35. The number of methoxy groups -OCH3 is 1. The van der Waals surface area contributed by atoms with Gasteiger partial charge in [0.05, 0.1) is 36.7 Å². The quantitative estimate of drug-likeness (QED) is 0.534. The van der Waals surface area contributed by atoms with Crippen LogP contribution in [-0.4, -0.2) is 32.6 Å². The molecule has 0 fully saturated rings. The topological polar surface area (TPSA) is 118 Å². The molecule has 3 rings (SSSR count). The van der Waals surface area contributed by atoms with Gasteiger partial charge in [-0.05, 0) is 41.4 Å². The normalized spacial score (nSPS) is 11.4. The molecule has 0 saturated heterocycles. The lowest BCUT2D eigenvalue weighted by molar-refractivity contribution is 0.0956. The maximum absolute atomic E-state index is 12.5. The smallest absolute Gasteiger partial charge is 0.273 e. The number of rotatable bonds is 8. The first-order valence-corrected chi connectivity index (χ1v) is 10.8. The van der Waals surface area contributed by atoms with E-state index in [-0.39, 0.29) is 5.69 Å². The van der Waals surface area contributed by atoms with Crippen molar-refractivity contribution in [3.63, 3.8) is 0 Å². The molecule has 1 N–H and O–H groups in total. The number of aromatic nitrogens is 1. The van der Waals surface area contributed by atoms with E-state index in [1.54, 1.807) is 31.4 Å². The number of amides is 1. The van der Waals surface area contributed by atoms with E-state index < -0.39 is 22.9 Å². The molecule has 0 aliphatic carbocycles. The fraction of sp³-hybridized carbons (Fsp3) is 0.150. The van der Waals surface area contributed by atoms with Gasteiger partial charge in [-0.3, -0.25) is 9.00 Å². The van der Waals surface area contributed by atoms with Gasteiger partial charge in [0.2, 0.25) is 0 Å². The highest BCUT2D eigenvalue weighted by atomic mass is 32.2. The number of anilines is 2. The Labute approximate surface area is 180 Å². The van der Waals surface area contributed by atoms with Gasteiger partial charge in [0.15, 0.2) is 5.69 Å². The number of para-hydroxylation sites is 1. The van der Waals surface area contributed by atoms with E-state index in [0.717, 1.165) is 11.3 Å². The summed E-state index contributed by atoms with van der Waals surface area (Å²) in [5, 5.41) is 12.0. The summed E-state index contributed by atoms with van der Waals surface area (Å²) in [6, 6.07) is 16.5. The first-order valence-electron chi connectivity index (χ1n) is 8.70. The minimum absolute atomic E-state index is 0.115. The number of benzene rings is 2. The Kier molecular flexibility index (Phi) is 7.13. The summed E-state index contributed by atoms with van der Waals surface area (Å²) in [5.41, 5.74) is 3.77. The van der Waals surface area contributed by atoms with Crippen LogP contribution in [-0.2, 0) is 17.6 Å². The van der Waals surface area contributed by atoms with Crippen LogP contribution in [0.2, 0.25) is 0 Å². The Morgan fingerprint density at radius 3 is 2.70 bits per heavy atom. The van der Waals surface area contributed by atoms with Crippen molar-refractivity contribution in [3.05, 3.63) is 70.9 Å². The van der Waals surface area contributed by atoms with Crippen molar-refractivity contribution < 1.29 is 18.3 Å². The molecule has 1 heterocycles.